The molecule has 0 radical (unpaired) electrons. The van der Waals surface area contributed by atoms with E-state index in [4.69, 9.17) is 4.74 Å². The lowest BCUT2D eigenvalue weighted by Gasteiger charge is -2.32. The van der Waals surface area contributed by atoms with Crippen LogP contribution in [0.15, 0.2) is 54.6 Å². The maximum atomic E-state index is 12.4. The van der Waals surface area contributed by atoms with Gasteiger partial charge in [0.2, 0.25) is 5.91 Å². The quantitative estimate of drug-likeness (QED) is 0.939. The molecular formula is C18H19NO2. The van der Waals surface area contributed by atoms with Gasteiger partial charge in [-0.2, -0.15) is 0 Å². The van der Waals surface area contributed by atoms with E-state index in [2.05, 4.69) is 17.4 Å². The summed E-state index contributed by atoms with van der Waals surface area (Å²) in [5, 5.41) is 2.99. The molecule has 1 fully saturated rings. The summed E-state index contributed by atoms with van der Waals surface area (Å²) < 4.78 is 5.21. The SMILES string of the molecule is COc1ccc([C@H]2CCNC(=O)[C@H]2c2ccccc2)cc1. The van der Waals surface area contributed by atoms with E-state index in [1.54, 1.807) is 7.11 Å². The summed E-state index contributed by atoms with van der Waals surface area (Å²) in [5.41, 5.74) is 2.27. The molecule has 0 unspecified atom stereocenters. The van der Waals surface area contributed by atoms with Crippen LogP contribution in [0.25, 0.3) is 0 Å². The minimum atomic E-state index is -0.117. The Kier molecular flexibility index (Phi) is 3.91. The number of hydrogen-bond donors (Lipinski definition) is 1. The molecule has 2 aromatic rings. The molecule has 1 aliphatic rings. The molecule has 0 aliphatic carbocycles. The molecule has 1 N–H and O–H groups in total. The maximum Gasteiger partial charge on any atom is 0.228 e. The van der Waals surface area contributed by atoms with Gasteiger partial charge in [-0.1, -0.05) is 42.5 Å². The van der Waals surface area contributed by atoms with Gasteiger partial charge >= 0.3 is 0 Å². The number of hydrogen-bond acceptors (Lipinski definition) is 2. The zero-order valence-corrected chi connectivity index (χ0v) is 12.1. The van der Waals surface area contributed by atoms with Crippen molar-refractivity contribution in [3.8, 4) is 5.75 Å². The van der Waals surface area contributed by atoms with Gasteiger partial charge in [0, 0.05) is 12.5 Å². The molecule has 2 atom stereocenters. The standard InChI is InChI=1S/C18H19NO2/c1-21-15-9-7-13(8-10-15)16-11-12-19-18(20)17(16)14-5-3-2-4-6-14/h2-10,16-17H,11-12H2,1H3,(H,19,20)/t16-,17+/m1/s1. The predicted octanol–water partition coefficient (Wildman–Crippen LogP) is 3.08. The van der Waals surface area contributed by atoms with Crippen molar-refractivity contribution in [2.24, 2.45) is 0 Å². The molecule has 0 spiro atoms. The predicted molar refractivity (Wildman–Crippen MR) is 82.5 cm³/mol. The Balaban J connectivity index is 1.95. The molecule has 0 bridgehead atoms. The van der Waals surface area contributed by atoms with E-state index in [0.29, 0.717) is 0 Å². The van der Waals surface area contributed by atoms with Crippen LogP contribution in [0.1, 0.15) is 29.4 Å². The van der Waals surface area contributed by atoms with Crippen molar-refractivity contribution in [2.75, 3.05) is 13.7 Å². The number of piperidine rings is 1. The molecule has 21 heavy (non-hydrogen) atoms. The average molecular weight is 281 g/mol. The van der Waals surface area contributed by atoms with Gasteiger partial charge in [-0.15, -0.1) is 0 Å². The molecule has 2 aromatic carbocycles. The van der Waals surface area contributed by atoms with Crippen LogP contribution in [0.5, 0.6) is 5.75 Å². The molecule has 108 valence electrons. The third-order valence-corrected chi connectivity index (χ3v) is 4.14. The number of amides is 1. The Morgan fingerprint density at radius 1 is 1.00 bits per heavy atom. The van der Waals surface area contributed by atoms with E-state index in [1.165, 1.54) is 5.56 Å². The maximum absolute atomic E-state index is 12.4. The van der Waals surface area contributed by atoms with E-state index in [1.807, 2.05) is 42.5 Å². The number of benzene rings is 2. The minimum Gasteiger partial charge on any atom is -0.497 e. The van der Waals surface area contributed by atoms with Crippen LogP contribution in [0.3, 0.4) is 0 Å². The smallest absolute Gasteiger partial charge is 0.228 e. The Bertz CT molecular complexity index is 607. The second-order valence-corrected chi connectivity index (χ2v) is 5.35. The monoisotopic (exact) mass is 281 g/mol. The van der Waals surface area contributed by atoms with Crippen molar-refractivity contribution in [2.45, 2.75) is 18.3 Å². The van der Waals surface area contributed by atoms with Crippen LogP contribution in [0, 0.1) is 0 Å². The van der Waals surface area contributed by atoms with Gasteiger partial charge in [0.25, 0.3) is 0 Å². The third-order valence-electron chi connectivity index (χ3n) is 4.14. The van der Waals surface area contributed by atoms with Crippen LogP contribution in [0.4, 0.5) is 0 Å². The van der Waals surface area contributed by atoms with Crippen molar-refractivity contribution >= 4 is 5.91 Å². The van der Waals surface area contributed by atoms with Crippen molar-refractivity contribution in [1.29, 1.82) is 0 Å². The molecule has 1 heterocycles. The van der Waals surface area contributed by atoms with Gasteiger partial charge in [0.1, 0.15) is 5.75 Å². The fourth-order valence-electron chi connectivity index (χ4n) is 3.06. The second-order valence-electron chi connectivity index (χ2n) is 5.35. The number of rotatable bonds is 3. The second kappa shape index (κ2) is 6.00. The number of nitrogens with one attached hydrogen (secondary N) is 1. The van der Waals surface area contributed by atoms with Gasteiger partial charge < -0.3 is 10.1 Å². The van der Waals surface area contributed by atoms with Gasteiger partial charge in [0.05, 0.1) is 13.0 Å². The summed E-state index contributed by atoms with van der Waals surface area (Å²) in [6.07, 6.45) is 0.956. The zero-order chi connectivity index (χ0) is 14.7. The van der Waals surface area contributed by atoms with E-state index in [-0.39, 0.29) is 17.7 Å². The first-order valence-electron chi connectivity index (χ1n) is 7.26. The van der Waals surface area contributed by atoms with Crippen LogP contribution in [-0.4, -0.2) is 19.6 Å². The molecule has 0 aromatic heterocycles. The summed E-state index contributed by atoms with van der Waals surface area (Å²) in [4.78, 5) is 12.4. The summed E-state index contributed by atoms with van der Waals surface area (Å²) >= 11 is 0. The highest BCUT2D eigenvalue weighted by Crippen LogP contribution is 2.38. The summed E-state index contributed by atoms with van der Waals surface area (Å²) in [6.45, 7) is 0.735. The zero-order valence-electron chi connectivity index (χ0n) is 12.1. The molecule has 1 amide bonds. The van der Waals surface area contributed by atoms with Gasteiger partial charge in [-0.25, -0.2) is 0 Å². The molecule has 3 rings (SSSR count). The molecule has 3 nitrogen and oxygen atoms in total. The van der Waals surface area contributed by atoms with Crippen LogP contribution in [-0.2, 0) is 4.79 Å². The van der Waals surface area contributed by atoms with Crippen molar-refractivity contribution in [3.05, 3.63) is 65.7 Å². The van der Waals surface area contributed by atoms with Crippen molar-refractivity contribution < 1.29 is 9.53 Å². The lowest BCUT2D eigenvalue weighted by atomic mass is 9.77. The Hall–Kier alpha value is -2.29. The first-order valence-corrected chi connectivity index (χ1v) is 7.26. The third kappa shape index (κ3) is 2.77. The van der Waals surface area contributed by atoms with Crippen LogP contribution >= 0.6 is 0 Å². The molecular weight excluding hydrogens is 262 g/mol. The molecule has 3 heteroatoms. The lowest BCUT2D eigenvalue weighted by Crippen LogP contribution is -2.39. The largest absolute Gasteiger partial charge is 0.497 e. The molecule has 1 saturated heterocycles. The topological polar surface area (TPSA) is 38.3 Å². The number of ether oxygens (including phenoxy) is 1. The average Bonchev–Trinajstić information content (AvgIpc) is 2.55. The summed E-state index contributed by atoms with van der Waals surface area (Å²) in [6, 6.07) is 18.1. The normalized spacial score (nSPS) is 21.7. The minimum absolute atomic E-state index is 0.117. The molecule has 1 aliphatic heterocycles. The van der Waals surface area contributed by atoms with Gasteiger partial charge in [0.15, 0.2) is 0 Å². The Morgan fingerprint density at radius 2 is 1.71 bits per heavy atom. The van der Waals surface area contributed by atoms with E-state index < -0.39 is 0 Å². The highest BCUT2D eigenvalue weighted by Gasteiger charge is 2.33. The van der Waals surface area contributed by atoms with E-state index >= 15 is 0 Å². The highest BCUT2D eigenvalue weighted by molar-refractivity contribution is 5.85. The first kappa shape index (κ1) is 13.7. The van der Waals surface area contributed by atoms with Crippen molar-refractivity contribution in [1.82, 2.24) is 5.32 Å². The van der Waals surface area contributed by atoms with E-state index in [0.717, 1.165) is 24.3 Å². The van der Waals surface area contributed by atoms with Gasteiger partial charge in [-0.05, 0) is 29.7 Å². The fraction of sp³-hybridized carbons (Fsp3) is 0.278. The lowest BCUT2D eigenvalue weighted by molar-refractivity contribution is -0.124. The van der Waals surface area contributed by atoms with Crippen LogP contribution in [0.2, 0.25) is 0 Å². The summed E-state index contributed by atoms with van der Waals surface area (Å²) in [7, 11) is 1.66. The first-order chi connectivity index (χ1) is 10.3. The Labute approximate surface area is 124 Å². The van der Waals surface area contributed by atoms with Crippen LogP contribution < -0.4 is 10.1 Å². The number of carbonyl (C=O) groups is 1. The number of methoxy groups -OCH3 is 1. The molecule has 0 saturated carbocycles. The summed E-state index contributed by atoms with van der Waals surface area (Å²) in [5.74, 6) is 1.06. The van der Waals surface area contributed by atoms with Gasteiger partial charge in [-0.3, -0.25) is 4.79 Å². The fourth-order valence-corrected chi connectivity index (χ4v) is 3.06. The Morgan fingerprint density at radius 3 is 2.38 bits per heavy atom. The van der Waals surface area contributed by atoms with Crippen molar-refractivity contribution in [3.63, 3.8) is 0 Å². The van der Waals surface area contributed by atoms with E-state index in [9.17, 15) is 4.79 Å². The number of carbonyl (C=O) groups excluding carboxylic acids is 1. The highest BCUT2D eigenvalue weighted by atomic mass is 16.5.